The van der Waals surface area contributed by atoms with E-state index in [4.69, 9.17) is 19.7 Å². The summed E-state index contributed by atoms with van der Waals surface area (Å²) in [5, 5.41) is 15.0. The molecule has 8 heteroatoms. The zero-order valence-corrected chi connectivity index (χ0v) is 17.5. The first-order chi connectivity index (χ1) is 15.0. The maximum absolute atomic E-state index is 8.67. The van der Waals surface area contributed by atoms with Gasteiger partial charge in [0.05, 0.1) is 29.0 Å². The fourth-order valence-electron chi connectivity index (χ4n) is 3.16. The Morgan fingerprint density at radius 3 is 2.71 bits per heavy atom. The minimum absolute atomic E-state index is 0.108. The number of rotatable bonds is 7. The molecule has 0 aliphatic carbocycles. The van der Waals surface area contributed by atoms with Crippen LogP contribution >= 0.6 is 0 Å². The fraction of sp³-hybridized carbons (Fsp3) is 0.174. The average Bonchev–Trinajstić information content (AvgIpc) is 3.03. The highest BCUT2D eigenvalue weighted by Crippen LogP contribution is 2.29. The predicted molar refractivity (Wildman–Crippen MR) is 120 cm³/mol. The Bertz CT molecular complexity index is 1230. The van der Waals surface area contributed by atoms with Crippen LogP contribution in [0.3, 0.4) is 0 Å². The third-order valence-electron chi connectivity index (χ3n) is 4.49. The van der Waals surface area contributed by atoms with Crippen molar-refractivity contribution in [3.63, 3.8) is 0 Å². The van der Waals surface area contributed by atoms with Crippen LogP contribution in [0.25, 0.3) is 11.0 Å². The molecule has 0 saturated heterocycles. The number of ether oxygens (including phenoxy) is 2. The maximum Gasteiger partial charge on any atom is 0.208 e. The molecule has 0 aliphatic heterocycles. The van der Waals surface area contributed by atoms with Crippen LogP contribution in [-0.2, 0) is 7.05 Å². The fourth-order valence-corrected chi connectivity index (χ4v) is 3.16. The monoisotopic (exact) mass is 417 g/mol. The molecule has 0 aliphatic rings. The van der Waals surface area contributed by atoms with Crippen molar-refractivity contribution in [1.29, 1.82) is 0 Å². The minimum Gasteiger partial charge on any atom is -0.491 e. The van der Waals surface area contributed by atoms with Gasteiger partial charge in [-0.15, -0.1) is 0 Å². The Morgan fingerprint density at radius 2 is 1.90 bits per heavy atom. The zero-order chi connectivity index (χ0) is 21.8. The van der Waals surface area contributed by atoms with Crippen molar-refractivity contribution in [2.75, 3.05) is 5.32 Å². The summed E-state index contributed by atoms with van der Waals surface area (Å²) in [4.78, 5) is 8.79. The van der Waals surface area contributed by atoms with E-state index in [1.807, 2.05) is 67.9 Å². The number of aromatic nitrogens is 3. The summed E-state index contributed by atoms with van der Waals surface area (Å²) in [7, 11) is 1.95. The van der Waals surface area contributed by atoms with Crippen molar-refractivity contribution in [1.82, 2.24) is 14.5 Å². The third-order valence-corrected chi connectivity index (χ3v) is 4.49. The third kappa shape index (κ3) is 4.75. The number of benzene rings is 2. The van der Waals surface area contributed by atoms with Crippen LogP contribution in [0.5, 0.6) is 17.2 Å². The van der Waals surface area contributed by atoms with Crippen molar-refractivity contribution < 1.29 is 14.7 Å². The lowest BCUT2D eigenvalue weighted by molar-refractivity contribution is 0.242. The summed E-state index contributed by atoms with van der Waals surface area (Å²) in [5.41, 5.74) is 3.15. The van der Waals surface area contributed by atoms with E-state index in [1.165, 1.54) is 6.21 Å². The summed E-state index contributed by atoms with van der Waals surface area (Å²) >= 11 is 0. The van der Waals surface area contributed by atoms with E-state index < -0.39 is 0 Å². The van der Waals surface area contributed by atoms with Gasteiger partial charge < -0.3 is 24.6 Å². The Hall–Kier alpha value is -4.07. The Labute approximate surface area is 179 Å². The van der Waals surface area contributed by atoms with Gasteiger partial charge in [0.15, 0.2) is 0 Å². The quantitative estimate of drug-likeness (QED) is 0.247. The van der Waals surface area contributed by atoms with Gasteiger partial charge in [-0.05, 0) is 44.2 Å². The zero-order valence-electron chi connectivity index (χ0n) is 17.5. The average molecular weight is 417 g/mol. The summed E-state index contributed by atoms with van der Waals surface area (Å²) in [6.45, 7) is 4.00. The van der Waals surface area contributed by atoms with E-state index in [0.717, 1.165) is 22.5 Å². The van der Waals surface area contributed by atoms with E-state index in [9.17, 15) is 0 Å². The first-order valence-electron chi connectivity index (χ1n) is 9.83. The molecule has 8 nitrogen and oxygen atoms in total. The number of hydrogen-bond acceptors (Lipinski definition) is 7. The number of aryl methyl sites for hydroxylation is 1. The second-order valence-corrected chi connectivity index (χ2v) is 7.23. The molecule has 2 heterocycles. The molecule has 31 heavy (non-hydrogen) atoms. The number of pyridine rings is 1. The minimum atomic E-state index is 0.108. The van der Waals surface area contributed by atoms with Crippen molar-refractivity contribution in [3.05, 3.63) is 66.5 Å². The Balaban J connectivity index is 1.57. The molecule has 2 aromatic heterocycles. The van der Waals surface area contributed by atoms with Crippen molar-refractivity contribution >= 4 is 28.9 Å². The molecule has 0 unspecified atom stereocenters. The topological polar surface area (TPSA) is 93.8 Å². The molecule has 0 fully saturated rings. The Morgan fingerprint density at radius 1 is 1.06 bits per heavy atom. The number of hydrogen-bond donors (Lipinski definition) is 2. The van der Waals surface area contributed by atoms with Gasteiger partial charge in [-0.1, -0.05) is 11.2 Å². The van der Waals surface area contributed by atoms with Crippen LogP contribution in [0.2, 0.25) is 0 Å². The highest BCUT2D eigenvalue weighted by molar-refractivity contribution is 5.81. The van der Waals surface area contributed by atoms with Crippen LogP contribution in [0, 0.1) is 0 Å². The predicted octanol–water partition coefficient (Wildman–Crippen LogP) is 5.10. The van der Waals surface area contributed by atoms with Gasteiger partial charge in [0.25, 0.3) is 0 Å². The van der Waals surface area contributed by atoms with E-state index in [0.29, 0.717) is 23.1 Å². The van der Waals surface area contributed by atoms with Crippen LogP contribution in [0.1, 0.15) is 19.5 Å². The molecule has 0 bridgehead atoms. The smallest absolute Gasteiger partial charge is 0.208 e. The van der Waals surface area contributed by atoms with E-state index in [1.54, 1.807) is 18.3 Å². The van der Waals surface area contributed by atoms with Crippen molar-refractivity contribution in [2.24, 2.45) is 12.2 Å². The molecule has 2 N–H and O–H groups in total. The Kier molecular flexibility index (Phi) is 5.70. The molecule has 2 aromatic carbocycles. The second-order valence-electron chi connectivity index (χ2n) is 7.23. The number of anilines is 2. The first kappa shape index (κ1) is 20.2. The highest BCUT2D eigenvalue weighted by Gasteiger charge is 2.10. The standard InChI is InChI=1S/C23H23N5O3/c1-15(2)30-18-6-4-5-16(11-18)26-23-27-21-13-19(7-8-22(21)28(23)3)31-20-9-10-24-17(12-20)14-25-29/h4-15,29H,1-3H3,(H,26,27)/b25-14-. The van der Waals surface area contributed by atoms with Crippen LogP contribution in [-0.4, -0.2) is 32.1 Å². The molecule has 0 radical (unpaired) electrons. The lowest BCUT2D eigenvalue weighted by atomic mass is 10.3. The number of nitrogens with one attached hydrogen (secondary N) is 1. The SMILES string of the molecule is CC(C)Oc1cccc(Nc2nc3cc(Oc4ccnc(/C=N\O)c4)ccc3n2C)c1. The molecular weight excluding hydrogens is 394 g/mol. The molecule has 0 atom stereocenters. The normalized spacial score (nSPS) is 11.4. The van der Waals surface area contributed by atoms with Gasteiger partial charge in [-0.3, -0.25) is 4.98 Å². The van der Waals surface area contributed by atoms with Crippen LogP contribution in [0.4, 0.5) is 11.6 Å². The first-order valence-corrected chi connectivity index (χ1v) is 9.83. The lowest BCUT2D eigenvalue weighted by Crippen LogP contribution is -2.06. The van der Waals surface area contributed by atoms with Gasteiger partial charge >= 0.3 is 0 Å². The van der Waals surface area contributed by atoms with Gasteiger partial charge in [0.1, 0.15) is 17.2 Å². The second kappa shape index (κ2) is 8.74. The summed E-state index contributed by atoms with van der Waals surface area (Å²) in [6.07, 6.45) is 2.94. The number of fused-ring (bicyclic) bond motifs is 1. The van der Waals surface area contributed by atoms with Gasteiger partial charge in [0, 0.05) is 37.1 Å². The molecule has 158 valence electrons. The number of imidazole rings is 1. The molecule has 0 spiro atoms. The lowest BCUT2D eigenvalue weighted by Gasteiger charge is -2.11. The largest absolute Gasteiger partial charge is 0.491 e. The van der Waals surface area contributed by atoms with Gasteiger partial charge in [-0.2, -0.15) is 0 Å². The molecule has 4 rings (SSSR count). The maximum atomic E-state index is 8.67. The summed E-state index contributed by atoms with van der Waals surface area (Å²) in [6, 6.07) is 16.9. The van der Waals surface area contributed by atoms with Gasteiger partial charge in [-0.25, -0.2) is 4.98 Å². The summed E-state index contributed by atoms with van der Waals surface area (Å²) in [5.74, 6) is 2.74. The molecule has 4 aromatic rings. The molecule has 0 amide bonds. The highest BCUT2D eigenvalue weighted by atomic mass is 16.5. The number of nitrogens with zero attached hydrogens (tertiary/aromatic N) is 4. The van der Waals surface area contributed by atoms with Crippen LogP contribution < -0.4 is 14.8 Å². The molecular formula is C23H23N5O3. The molecule has 0 saturated carbocycles. The summed E-state index contributed by atoms with van der Waals surface area (Å²) < 4.78 is 13.7. The van der Waals surface area contributed by atoms with Gasteiger partial charge in [0.2, 0.25) is 5.95 Å². The van der Waals surface area contributed by atoms with Crippen molar-refractivity contribution in [3.8, 4) is 17.2 Å². The van der Waals surface area contributed by atoms with E-state index >= 15 is 0 Å². The van der Waals surface area contributed by atoms with Crippen LogP contribution in [0.15, 0.2) is 65.9 Å². The number of oxime groups is 1. The van der Waals surface area contributed by atoms with E-state index in [2.05, 4.69) is 15.5 Å². The van der Waals surface area contributed by atoms with E-state index in [-0.39, 0.29) is 6.10 Å². The van der Waals surface area contributed by atoms with Crippen molar-refractivity contribution in [2.45, 2.75) is 20.0 Å².